The molecule has 0 atom stereocenters. The molecule has 0 saturated carbocycles. The molecule has 2 aromatic carbocycles. The topological polar surface area (TPSA) is 83.5 Å². The Morgan fingerprint density at radius 1 is 1.14 bits per heavy atom. The molecule has 28 heavy (non-hydrogen) atoms. The number of rotatable bonds is 6. The third-order valence-corrected chi connectivity index (χ3v) is 4.79. The van der Waals surface area contributed by atoms with Crippen molar-refractivity contribution in [1.82, 2.24) is 4.57 Å². The Morgan fingerprint density at radius 3 is 2.50 bits per heavy atom. The first-order chi connectivity index (χ1) is 13.5. The molecular formula is C21H21ClN2O4. The standard InChI is InChI=1S/C21H21ClN2O4/c1-13-17(12-20(25)28-10-9-23)18-11-16(27-2)7-8-19(18)24(13)21(26)14-3-5-15(22)6-4-14/h3-8,11H,9-10,12,23H2,1-2H3. The van der Waals surface area contributed by atoms with Crippen LogP contribution in [0.25, 0.3) is 10.9 Å². The van der Waals surface area contributed by atoms with Crippen molar-refractivity contribution in [2.24, 2.45) is 5.73 Å². The fraction of sp³-hybridized carbons (Fsp3) is 0.238. The number of aromatic nitrogens is 1. The Hall–Kier alpha value is -2.83. The predicted molar refractivity (Wildman–Crippen MR) is 108 cm³/mol. The minimum Gasteiger partial charge on any atom is -0.497 e. The van der Waals surface area contributed by atoms with E-state index in [1.807, 2.05) is 19.1 Å². The summed E-state index contributed by atoms with van der Waals surface area (Å²) in [6, 6.07) is 12.1. The van der Waals surface area contributed by atoms with Crippen molar-refractivity contribution < 1.29 is 19.1 Å². The summed E-state index contributed by atoms with van der Waals surface area (Å²) in [5, 5.41) is 1.32. The summed E-state index contributed by atoms with van der Waals surface area (Å²) < 4.78 is 12.0. The smallest absolute Gasteiger partial charge is 0.310 e. The molecule has 0 radical (unpaired) electrons. The van der Waals surface area contributed by atoms with Gasteiger partial charge in [-0.15, -0.1) is 0 Å². The zero-order valence-electron chi connectivity index (χ0n) is 15.7. The average Bonchev–Trinajstić information content (AvgIpc) is 2.97. The summed E-state index contributed by atoms with van der Waals surface area (Å²) in [6.45, 7) is 2.23. The van der Waals surface area contributed by atoms with Crippen LogP contribution in [-0.2, 0) is 16.0 Å². The number of nitrogens with two attached hydrogens (primary N) is 1. The van der Waals surface area contributed by atoms with Gasteiger partial charge in [0, 0.05) is 28.2 Å². The normalized spacial score (nSPS) is 10.9. The Morgan fingerprint density at radius 2 is 1.86 bits per heavy atom. The molecule has 146 valence electrons. The second-order valence-corrected chi connectivity index (χ2v) is 6.72. The third kappa shape index (κ3) is 3.88. The number of benzene rings is 2. The van der Waals surface area contributed by atoms with Gasteiger partial charge in [0.15, 0.2) is 0 Å². The molecule has 0 aliphatic rings. The number of fused-ring (bicyclic) bond motifs is 1. The average molecular weight is 401 g/mol. The molecule has 0 saturated heterocycles. The maximum atomic E-state index is 13.2. The van der Waals surface area contributed by atoms with Crippen LogP contribution in [0.5, 0.6) is 5.75 Å². The lowest BCUT2D eigenvalue weighted by Crippen LogP contribution is -2.16. The summed E-state index contributed by atoms with van der Waals surface area (Å²) in [4.78, 5) is 25.4. The number of ether oxygens (including phenoxy) is 2. The van der Waals surface area contributed by atoms with Gasteiger partial charge in [-0.1, -0.05) is 11.6 Å². The number of carbonyl (C=O) groups excluding carboxylic acids is 2. The van der Waals surface area contributed by atoms with Crippen molar-refractivity contribution in [3.05, 3.63) is 64.3 Å². The molecule has 3 aromatic rings. The maximum Gasteiger partial charge on any atom is 0.310 e. The zero-order chi connectivity index (χ0) is 20.3. The van der Waals surface area contributed by atoms with E-state index in [0.29, 0.717) is 27.5 Å². The summed E-state index contributed by atoms with van der Waals surface area (Å²) in [5.41, 5.74) is 7.98. The van der Waals surface area contributed by atoms with Crippen LogP contribution in [0.3, 0.4) is 0 Å². The third-order valence-electron chi connectivity index (χ3n) is 4.54. The van der Waals surface area contributed by atoms with Crippen LogP contribution in [-0.4, -0.2) is 36.7 Å². The second-order valence-electron chi connectivity index (χ2n) is 6.28. The summed E-state index contributed by atoms with van der Waals surface area (Å²) in [7, 11) is 1.57. The molecule has 0 aliphatic heterocycles. The lowest BCUT2D eigenvalue weighted by Gasteiger charge is -2.08. The minimum atomic E-state index is -0.394. The highest BCUT2D eigenvalue weighted by Crippen LogP contribution is 2.31. The molecule has 1 aromatic heterocycles. The summed E-state index contributed by atoms with van der Waals surface area (Å²) >= 11 is 5.93. The molecule has 1 heterocycles. The minimum absolute atomic E-state index is 0.0381. The zero-order valence-corrected chi connectivity index (χ0v) is 16.5. The fourth-order valence-corrected chi connectivity index (χ4v) is 3.29. The van der Waals surface area contributed by atoms with Crippen molar-refractivity contribution in [3.8, 4) is 5.75 Å². The molecule has 0 aliphatic carbocycles. The van der Waals surface area contributed by atoms with Gasteiger partial charge in [-0.05, 0) is 55.0 Å². The molecule has 2 N–H and O–H groups in total. The fourth-order valence-electron chi connectivity index (χ4n) is 3.16. The molecule has 0 bridgehead atoms. The van der Waals surface area contributed by atoms with Gasteiger partial charge in [-0.3, -0.25) is 14.2 Å². The van der Waals surface area contributed by atoms with E-state index in [9.17, 15) is 9.59 Å². The largest absolute Gasteiger partial charge is 0.497 e. The molecule has 7 heteroatoms. The van der Waals surface area contributed by atoms with E-state index in [4.69, 9.17) is 26.8 Å². The van der Waals surface area contributed by atoms with E-state index < -0.39 is 5.97 Å². The number of esters is 1. The maximum absolute atomic E-state index is 13.2. The predicted octanol–water partition coefficient (Wildman–Crippen LogP) is 3.34. The molecular weight excluding hydrogens is 380 g/mol. The number of hydrogen-bond donors (Lipinski definition) is 1. The number of hydrogen-bond acceptors (Lipinski definition) is 5. The highest BCUT2D eigenvalue weighted by atomic mass is 35.5. The molecule has 0 fully saturated rings. The van der Waals surface area contributed by atoms with Gasteiger partial charge in [0.25, 0.3) is 5.91 Å². The van der Waals surface area contributed by atoms with Gasteiger partial charge in [0.2, 0.25) is 0 Å². The first kappa shape index (κ1) is 19.9. The van der Waals surface area contributed by atoms with E-state index in [-0.39, 0.29) is 25.5 Å². The van der Waals surface area contributed by atoms with Gasteiger partial charge in [-0.25, -0.2) is 0 Å². The number of methoxy groups -OCH3 is 1. The quantitative estimate of drug-likeness (QED) is 0.641. The number of nitrogens with zero attached hydrogens (tertiary/aromatic N) is 1. The summed E-state index contributed by atoms with van der Waals surface area (Å²) in [6.07, 6.45) is 0.0381. The molecule has 3 rings (SSSR count). The van der Waals surface area contributed by atoms with Gasteiger partial charge >= 0.3 is 5.97 Å². The first-order valence-electron chi connectivity index (χ1n) is 8.80. The van der Waals surface area contributed by atoms with E-state index in [0.717, 1.165) is 10.9 Å². The Kier molecular flexibility index (Phi) is 6.02. The van der Waals surface area contributed by atoms with Crippen LogP contribution >= 0.6 is 11.6 Å². The van der Waals surface area contributed by atoms with Gasteiger partial charge in [-0.2, -0.15) is 0 Å². The Bertz CT molecular complexity index is 1030. The van der Waals surface area contributed by atoms with Crippen LogP contribution in [0.15, 0.2) is 42.5 Å². The van der Waals surface area contributed by atoms with E-state index in [1.54, 1.807) is 42.0 Å². The Balaban J connectivity index is 2.12. The molecule has 0 spiro atoms. The van der Waals surface area contributed by atoms with E-state index >= 15 is 0 Å². The van der Waals surface area contributed by atoms with Gasteiger partial charge in [0.05, 0.1) is 19.0 Å². The monoisotopic (exact) mass is 400 g/mol. The van der Waals surface area contributed by atoms with Crippen LogP contribution in [0.1, 0.15) is 21.6 Å². The van der Waals surface area contributed by atoms with Crippen molar-refractivity contribution in [3.63, 3.8) is 0 Å². The van der Waals surface area contributed by atoms with Crippen molar-refractivity contribution >= 4 is 34.4 Å². The van der Waals surface area contributed by atoms with Gasteiger partial charge < -0.3 is 15.2 Å². The molecule has 0 amide bonds. The lowest BCUT2D eigenvalue weighted by atomic mass is 10.1. The van der Waals surface area contributed by atoms with E-state index in [1.165, 1.54) is 0 Å². The van der Waals surface area contributed by atoms with Gasteiger partial charge in [0.1, 0.15) is 12.4 Å². The second kappa shape index (κ2) is 8.46. The Labute approximate surface area is 167 Å². The van der Waals surface area contributed by atoms with Crippen LogP contribution in [0.4, 0.5) is 0 Å². The summed E-state index contributed by atoms with van der Waals surface area (Å²) in [5.74, 6) is 0.0421. The highest BCUT2D eigenvalue weighted by Gasteiger charge is 2.22. The van der Waals surface area contributed by atoms with Crippen LogP contribution in [0, 0.1) is 6.92 Å². The van der Waals surface area contributed by atoms with Crippen molar-refractivity contribution in [1.29, 1.82) is 0 Å². The van der Waals surface area contributed by atoms with E-state index in [2.05, 4.69) is 0 Å². The van der Waals surface area contributed by atoms with Crippen LogP contribution < -0.4 is 10.5 Å². The van der Waals surface area contributed by atoms with Crippen LogP contribution in [0.2, 0.25) is 5.02 Å². The SMILES string of the molecule is COc1ccc2c(c1)c(CC(=O)OCCN)c(C)n2C(=O)c1ccc(Cl)cc1. The number of carbonyl (C=O) groups is 2. The highest BCUT2D eigenvalue weighted by molar-refractivity contribution is 6.30. The number of halogens is 1. The lowest BCUT2D eigenvalue weighted by molar-refractivity contribution is -0.142. The van der Waals surface area contributed by atoms with Crippen molar-refractivity contribution in [2.75, 3.05) is 20.3 Å². The van der Waals surface area contributed by atoms with Crippen molar-refractivity contribution in [2.45, 2.75) is 13.3 Å². The molecule has 0 unspecified atom stereocenters. The molecule has 6 nitrogen and oxygen atoms in total. The first-order valence-corrected chi connectivity index (χ1v) is 9.18.